The van der Waals surface area contributed by atoms with Crippen molar-refractivity contribution in [3.8, 4) is 0 Å². The quantitative estimate of drug-likeness (QED) is 0.367. The molecule has 10 heteroatoms. The van der Waals surface area contributed by atoms with E-state index in [-0.39, 0.29) is 27.8 Å². The minimum atomic E-state index is -0.653. The van der Waals surface area contributed by atoms with Crippen LogP contribution in [0, 0.1) is 22.5 Å². The van der Waals surface area contributed by atoms with Crippen molar-refractivity contribution < 1.29 is 18.4 Å². The number of hydrogen-bond donors (Lipinski definition) is 1. The standard InChI is InChI=1S/C25H26ClF2N5O2/c26-20-11-21(30-15-29-20)32-22(34)4-2-1-3-6-24-12-25(13-24,14-24)23(35)33-19(5-7-31-33)16-8-17(27)10-18(28)9-16/h7-11,15,19H,1-6,12-14H2,(H,29,30,32,34). The molecule has 1 aliphatic heterocycles. The molecule has 3 fully saturated rings. The fraction of sp³-hybridized carbons (Fsp3) is 0.480. The Morgan fingerprint density at radius 3 is 2.51 bits per heavy atom. The van der Waals surface area contributed by atoms with Crippen LogP contribution in [0.2, 0.25) is 5.15 Å². The molecule has 1 aromatic heterocycles. The first-order chi connectivity index (χ1) is 16.8. The van der Waals surface area contributed by atoms with E-state index in [1.54, 1.807) is 6.21 Å². The molecule has 3 saturated carbocycles. The number of carbonyl (C=O) groups excluding carboxylic acids is 2. The van der Waals surface area contributed by atoms with Crippen LogP contribution in [0.1, 0.15) is 69.4 Å². The van der Waals surface area contributed by atoms with E-state index in [0.717, 1.165) is 51.0 Å². The minimum absolute atomic E-state index is 0.0377. The molecule has 4 aliphatic rings. The van der Waals surface area contributed by atoms with Gasteiger partial charge in [-0.1, -0.05) is 24.4 Å². The average molecular weight is 502 g/mol. The van der Waals surface area contributed by atoms with Gasteiger partial charge in [-0.25, -0.2) is 23.8 Å². The largest absolute Gasteiger partial charge is 0.311 e. The molecule has 184 valence electrons. The highest BCUT2D eigenvalue weighted by Crippen LogP contribution is 2.76. The van der Waals surface area contributed by atoms with Crippen molar-refractivity contribution in [1.29, 1.82) is 0 Å². The summed E-state index contributed by atoms with van der Waals surface area (Å²) in [6, 6.07) is 4.43. The molecule has 3 aliphatic carbocycles. The van der Waals surface area contributed by atoms with Gasteiger partial charge in [-0.05, 0) is 55.2 Å². The third kappa shape index (κ3) is 4.78. The molecule has 7 nitrogen and oxygen atoms in total. The first kappa shape index (κ1) is 23.8. The highest BCUT2D eigenvalue weighted by atomic mass is 35.5. The van der Waals surface area contributed by atoms with Crippen LogP contribution in [0.4, 0.5) is 14.6 Å². The third-order valence-electron chi connectivity index (χ3n) is 7.41. The van der Waals surface area contributed by atoms with E-state index in [4.69, 9.17) is 11.6 Å². The summed E-state index contributed by atoms with van der Waals surface area (Å²) in [5, 5.41) is 8.67. The molecule has 1 N–H and O–H groups in total. The van der Waals surface area contributed by atoms with Gasteiger partial charge in [0.1, 0.15) is 28.9 Å². The van der Waals surface area contributed by atoms with Crippen LogP contribution in [0.25, 0.3) is 0 Å². The lowest BCUT2D eigenvalue weighted by molar-refractivity contribution is -0.220. The number of aromatic nitrogens is 2. The Balaban J connectivity index is 1.05. The van der Waals surface area contributed by atoms with Gasteiger partial charge in [0.05, 0.1) is 11.5 Å². The van der Waals surface area contributed by atoms with Crippen LogP contribution in [-0.2, 0) is 9.59 Å². The summed E-state index contributed by atoms with van der Waals surface area (Å²) in [6.45, 7) is 0. The SMILES string of the molecule is O=C(CCCCCC12CC(C(=O)N3N=CCC3c3cc(F)cc(F)c3)(C1)C2)Nc1cc(Cl)ncn1. The van der Waals surface area contributed by atoms with Crippen molar-refractivity contribution in [2.75, 3.05) is 5.32 Å². The predicted molar refractivity (Wildman–Crippen MR) is 127 cm³/mol. The van der Waals surface area contributed by atoms with Gasteiger partial charge in [-0.2, -0.15) is 5.10 Å². The Labute approximate surface area is 207 Å². The van der Waals surface area contributed by atoms with Gasteiger partial charge in [0.15, 0.2) is 0 Å². The molecule has 35 heavy (non-hydrogen) atoms. The van der Waals surface area contributed by atoms with E-state index in [2.05, 4.69) is 20.4 Å². The summed E-state index contributed by atoms with van der Waals surface area (Å²) in [6.07, 6.45) is 10.1. The lowest BCUT2D eigenvalue weighted by atomic mass is 9.33. The van der Waals surface area contributed by atoms with Gasteiger partial charge in [0.2, 0.25) is 11.8 Å². The Morgan fingerprint density at radius 2 is 1.80 bits per heavy atom. The lowest BCUT2D eigenvalue weighted by Gasteiger charge is -2.70. The van der Waals surface area contributed by atoms with Crippen LogP contribution < -0.4 is 5.32 Å². The molecule has 2 amide bonds. The van der Waals surface area contributed by atoms with Gasteiger partial charge in [0, 0.05) is 31.2 Å². The summed E-state index contributed by atoms with van der Waals surface area (Å²) in [5.41, 5.74) is 0.255. The van der Waals surface area contributed by atoms with Crippen LogP contribution in [0.15, 0.2) is 35.7 Å². The Kier molecular flexibility index (Phi) is 6.29. The topological polar surface area (TPSA) is 87.5 Å². The lowest BCUT2D eigenvalue weighted by Crippen LogP contribution is -2.67. The fourth-order valence-corrected chi connectivity index (χ4v) is 6.10. The summed E-state index contributed by atoms with van der Waals surface area (Å²) in [5.74, 6) is -1.05. The number of nitrogens with zero attached hydrogens (tertiary/aromatic N) is 4. The van der Waals surface area contributed by atoms with Gasteiger partial charge in [-0.3, -0.25) is 9.59 Å². The molecule has 1 aromatic carbocycles. The summed E-state index contributed by atoms with van der Waals surface area (Å²) < 4.78 is 27.4. The van der Waals surface area contributed by atoms with E-state index < -0.39 is 17.7 Å². The monoisotopic (exact) mass is 501 g/mol. The second kappa shape index (κ2) is 9.26. The number of anilines is 1. The van der Waals surface area contributed by atoms with Crippen molar-refractivity contribution in [2.45, 2.75) is 63.8 Å². The maximum atomic E-state index is 13.7. The van der Waals surface area contributed by atoms with Crippen LogP contribution in [-0.4, -0.2) is 33.0 Å². The minimum Gasteiger partial charge on any atom is -0.311 e. The molecule has 1 unspecified atom stereocenters. The molecule has 2 aromatic rings. The summed E-state index contributed by atoms with van der Waals surface area (Å²) >= 11 is 5.79. The molecule has 2 bridgehead atoms. The van der Waals surface area contributed by atoms with Gasteiger partial charge < -0.3 is 5.32 Å². The number of hydrogen-bond acceptors (Lipinski definition) is 5. The zero-order valence-electron chi connectivity index (χ0n) is 19.1. The van der Waals surface area contributed by atoms with E-state index in [9.17, 15) is 18.4 Å². The number of rotatable bonds is 9. The van der Waals surface area contributed by atoms with Crippen molar-refractivity contribution >= 4 is 35.4 Å². The van der Waals surface area contributed by atoms with E-state index in [0.29, 0.717) is 24.2 Å². The molecule has 0 saturated heterocycles. The van der Waals surface area contributed by atoms with Crippen LogP contribution in [0.3, 0.4) is 0 Å². The molecule has 2 heterocycles. The number of carbonyl (C=O) groups is 2. The van der Waals surface area contributed by atoms with E-state index in [1.807, 2.05) is 0 Å². The van der Waals surface area contributed by atoms with Gasteiger partial charge >= 0.3 is 0 Å². The van der Waals surface area contributed by atoms with Gasteiger partial charge in [0.25, 0.3) is 0 Å². The molecule has 0 radical (unpaired) electrons. The Bertz CT molecular complexity index is 1150. The maximum absolute atomic E-state index is 13.7. The highest BCUT2D eigenvalue weighted by Gasteiger charge is 2.71. The number of unbranched alkanes of at least 4 members (excludes halogenated alkanes) is 2. The Hall–Kier alpha value is -2.94. The summed E-state index contributed by atoms with van der Waals surface area (Å²) in [4.78, 5) is 33.1. The molecular formula is C25H26ClF2N5O2. The summed E-state index contributed by atoms with van der Waals surface area (Å²) in [7, 11) is 0. The van der Waals surface area contributed by atoms with Crippen molar-refractivity contribution in [3.05, 3.63) is 52.9 Å². The molecule has 6 rings (SSSR count). The average Bonchev–Trinajstić information content (AvgIpc) is 3.23. The van der Waals surface area contributed by atoms with Crippen molar-refractivity contribution in [1.82, 2.24) is 15.0 Å². The molecule has 0 spiro atoms. The molecule has 1 atom stereocenters. The highest BCUT2D eigenvalue weighted by molar-refractivity contribution is 6.29. The Morgan fingerprint density at radius 1 is 1.06 bits per heavy atom. The fourth-order valence-electron chi connectivity index (χ4n) is 5.96. The van der Waals surface area contributed by atoms with E-state index in [1.165, 1.54) is 29.5 Å². The normalized spacial score (nSPS) is 26.3. The maximum Gasteiger partial charge on any atom is 0.249 e. The van der Waals surface area contributed by atoms with Gasteiger partial charge in [-0.15, -0.1) is 0 Å². The zero-order chi connectivity index (χ0) is 24.6. The predicted octanol–water partition coefficient (Wildman–Crippen LogP) is 5.43. The second-order valence-corrected chi connectivity index (χ2v) is 10.4. The number of amides is 2. The van der Waals surface area contributed by atoms with Crippen molar-refractivity contribution in [3.63, 3.8) is 0 Å². The number of halogens is 3. The smallest absolute Gasteiger partial charge is 0.249 e. The number of nitrogens with one attached hydrogen (secondary N) is 1. The number of benzene rings is 1. The second-order valence-electron chi connectivity index (χ2n) is 10.0. The third-order valence-corrected chi connectivity index (χ3v) is 7.62. The van der Waals surface area contributed by atoms with Crippen LogP contribution in [0.5, 0.6) is 0 Å². The van der Waals surface area contributed by atoms with Crippen LogP contribution >= 0.6 is 11.6 Å². The first-order valence-electron chi connectivity index (χ1n) is 11.9. The first-order valence-corrected chi connectivity index (χ1v) is 12.2. The molecular weight excluding hydrogens is 476 g/mol. The van der Waals surface area contributed by atoms with Crippen molar-refractivity contribution in [2.24, 2.45) is 15.9 Å². The number of hydrazone groups is 1. The zero-order valence-corrected chi connectivity index (χ0v) is 19.9. The van der Waals surface area contributed by atoms with E-state index >= 15 is 0 Å².